The third-order valence-electron chi connectivity index (χ3n) is 4.98. The highest BCUT2D eigenvalue weighted by Gasteiger charge is 2.19. The predicted molar refractivity (Wildman–Crippen MR) is 133 cm³/mol. The van der Waals surface area contributed by atoms with Gasteiger partial charge in [-0.15, -0.1) is 0 Å². The number of hydrogen-bond acceptors (Lipinski definition) is 6. The molecule has 35 heavy (non-hydrogen) atoms. The van der Waals surface area contributed by atoms with E-state index in [0.717, 1.165) is 11.0 Å². The van der Waals surface area contributed by atoms with Crippen molar-refractivity contribution in [3.05, 3.63) is 71.4 Å². The molecule has 2 aromatic heterocycles. The van der Waals surface area contributed by atoms with Crippen LogP contribution in [-0.2, 0) is 6.54 Å². The minimum absolute atomic E-state index is 0.0149. The number of amides is 1. The number of aliphatic hydroxyl groups excluding tert-OH is 1. The lowest BCUT2D eigenvalue weighted by Gasteiger charge is -2.21. The minimum atomic E-state index is -0.646. The molecule has 0 aliphatic carbocycles. The van der Waals surface area contributed by atoms with E-state index in [9.17, 15) is 14.3 Å². The normalized spacial score (nSPS) is 11.5. The molecule has 8 nitrogen and oxygen atoms in total. The van der Waals surface area contributed by atoms with Crippen molar-refractivity contribution in [2.75, 3.05) is 11.9 Å². The van der Waals surface area contributed by atoms with Gasteiger partial charge in [-0.25, -0.2) is 14.4 Å². The Morgan fingerprint density at radius 3 is 2.69 bits per heavy atom. The van der Waals surface area contributed by atoms with Crippen LogP contribution in [0.15, 0.2) is 55.0 Å². The Labute approximate surface area is 206 Å². The van der Waals surface area contributed by atoms with Crippen molar-refractivity contribution in [2.45, 2.75) is 32.9 Å². The van der Waals surface area contributed by atoms with Crippen LogP contribution in [0, 0.1) is 5.82 Å². The number of aromatic nitrogens is 3. The van der Waals surface area contributed by atoms with Crippen molar-refractivity contribution < 1.29 is 19.0 Å². The molecule has 0 unspecified atom stereocenters. The minimum Gasteiger partial charge on any atom is -0.456 e. The maximum atomic E-state index is 14.3. The van der Waals surface area contributed by atoms with E-state index in [4.69, 9.17) is 16.3 Å². The Morgan fingerprint density at radius 2 is 1.97 bits per heavy atom. The van der Waals surface area contributed by atoms with Crippen LogP contribution in [0.4, 0.5) is 15.9 Å². The Morgan fingerprint density at radius 1 is 1.17 bits per heavy atom. The predicted octanol–water partition coefficient (Wildman–Crippen LogP) is 5.28. The van der Waals surface area contributed by atoms with E-state index in [-0.39, 0.29) is 17.9 Å². The van der Waals surface area contributed by atoms with Crippen molar-refractivity contribution in [3.63, 3.8) is 0 Å². The fraction of sp³-hybridized carbons (Fsp3) is 0.240. The Kier molecular flexibility index (Phi) is 6.90. The number of nitrogens with one attached hydrogen (secondary N) is 2. The molecular weight excluding hydrogens is 473 g/mol. The highest BCUT2D eigenvalue weighted by Crippen LogP contribution is 2.34. The summed E-state index contributed by atoms with van der Waals surface area (Å²) < 4.78 is 22.0. The Hall–Kier alpha value is -3.69. The molecule has 0 fully saturated rings. The molecule has 10 heteroatoms. The standard InChI is InChI=1S/C25H25ClFN5O3/c1-25(2,3)31-24(34)17-13-16(5-6-19(17)27)35-21-7-4-15(12-18(21)26)30-23-22-20(28-14-29-23)8-9-32(22)10-11-33/h4-9,12-14,33H,10-11H2,1-3H3,(H,31,34)(H,28,29,30). The maximum absolute atomic E-state index is 14.3. The molecule has 2 aromatic carbocycles. The van der Waals surface area contributed by atoms with E-state index in [2.05, 4.69) is 20.6 Å². The second-order valence-corrected chi connectivity index (χ2v) is 9.31. The number of benzene rings is 2. The SMILES string of the molecule is CC(C)(C)NC(=O)c1cc(Oc2ccc(Nc3ncnc4ccn(CCO)c34)cc2Cl)ccc1F. The smallest absolute Gasteiger partial charge is 0.254 e. The van der Waals surface area contributed by atoms with Gasteiger partial charge in [0.15, 0.2) is 5.82 Å². The van der Waals surface area contributed by atoms with Crippen molar-refractivity contribution in [3.8, 4) is 11.5 Å². The summed E-state index contributed by atoms with van der Waals surface area (Å²) in [6.45, 7) is 5.84. The first-order chi connectivity index (χ1) is 16.6. The van der Waals surface area contributed by atoms with E-state index in [0.29, 0.717) is 28.8 Å². The third kappa shape index (κ3) is 5.70. The summed E-state index contributed by atoms with van der Waals surface area (Å²) in [5.74, 6) is -0.0128. The topological polar surface area (TPSA) is 101 Å². The van der Waals surface area contributed by atoms with E-state index in [1.54, 1.807) is 18.2 Å². The summed E-state index contributed by atoms with van der Waals surface area (Å²) in [6.07, 6.45) is 3.29. The molecule has 2 heterocycles. The second-order valence-electron chi connectivity index (χ2n) is 8.91. The summed E-state index contributed by atoms with van der Waals surface area (Å²) in [4.78, 5) is 21.0. The van der Waals surface area contributed by atoms with E-state index in [1.807, 2.05) is 37.6 Å². The number of nitrogens with zero attached hydrogens (tertiary/aromatic N) is 3. The number of carbonyl (C=O) groups excluding carboxylic acids is 1. The molecule has 0 spiro atoms. The van der Waals surface area contributed by atoms with Gasteiger partial charge in [0, 0.05) is 24.0 Å². The molecule has 4 aromatic rings. The first-order valence-electron chi connectivity index (χ1n) is 10.9. The van der Waals surface area contributed by atoms with Gasteiger partial charge in [0.1, 0.15) is 29.2 Å². The largest absolute Gasteiger partial charge is 0.456 e. The van der Waals surface area contributed by atoms with Crippen molar-refractivity contribution >= 4 is 40.0 Å². The van der Waals surface area contributed by atoms with Gasteiger partial charge >= 0.3 is 0 Å². The van der Waals surface area contributed by atoms with Crippen LogP contribution in [0.3, 0.4) is 0 Å². The third-order valence-corrected chi connectivity index (χ3v) is 5.28. The molecule has 1 amide bonds. The highest BCUT2D eigenvalue weighted by molar-refractivity contribution is 6.32. The fourth-order valence-corrected chi connectivity index (χ4v) is 3.71. The first kappa shape index (κ1) is 24.4. The van der Waals surface area contributed by atoms with Crippen LogP contribution in [0.1, 0.15) is 31.1 Å². The van der Waals surface area contributed by atoms with E-state index < -0.39 is 17.3 Å². The molecule has 182 valence electrons. The quantitative estimate of drug-likeness (QED) is 0.321. The summed E-state index contributed by atoms with van der Waals surface area (Å²) >= 11 is 6.45. The van der Waals surface area contributed by atoms with Gasteiger partial charge in [-0.2, -0.15) is 0 Å². The number of aliphatic hydroxyl groups is 1. The van der Waals surface area contributed by atoms with Crippen LogP contribution < -0.4 is 15.4 Å². The molecule has 0 saturated carbocycles. The molecule has 0 bridgehead atoms. The Bertz CT molecular complexity index is 1380. The summed E-state index contributed by atoms with van der Waals surface area (Å²) in [6, 6.07) is 10.9. The second kappa shape index (κ2) is 9.89. The number of rotatable bonds is 7. The Balaban J connectivity index is 1.55. The number of fused-ring (bicyclic) bond motifs is 1. The number of carbonyl (C=O) groups is 1. The van der Waals surface area contributed by atoms with Crippen LogP contribution >= 0.6 is 11.6 Å². The van der Waals surface area contributed by atoms with Crippen LogP contribution in [0.2, 0.25) is 5.02 Å². The highest BCUT2D eigenvalue weighted by atomic mass is 35.5. The molecule has 0 atom stereocenters. The van der Waals surface area contributed by atoms with Gasteiger partial charge in [-0.05, 0) is 63.2 Å². The average molecular weight is 498 g/mol. The van der Waals surface area contributed by atoms with Gasteiger partial charge in [0.05, 0.1) is 22.7 Å². The van der Waals surface area contributed by atoms with Gasteiger partial charge in [-0.1, -0.05) is 11.6 Å². The molecule has 3 N–H and O–H groups in total. The molecule has 0 saturated heterocycles. The lowest BCUT2D eigenvalue weighted by atomic mass is 10.1. The summed E-state index contributed by atoms with van der Waals surface area (Å²) in [7, 11) is 0. The lowest BCUT2D eigenvalue weighted by Crippen LogP contribution is -2.40. The van der Waals surface area contributed by atoms with E-state index in [1.165, 1.54) is 24.5 Å². The van der Waals surface area contributed by atoms with Crippen LogP contribution in [0.25, 0.3) is 11.0 Å². The zero-order valence-electron chi connectivity index (χ0n) is 19.5. The van der Waals surface area contributed by atoms with Gasteiger partial charge in [0.25, 0.3) is 5.91 Å². The molecular formula is C25H25ClFN5O3. The maximum Gasteiger partial charge on any atom is 0.254 e. The van der Waals surface area contributed by atoms with Gasteiger partial charge < -0.3 is 25.0 Å². The number of ether oxygens (including phenoxy) is 1. The number of halogens is 2. The van der Waals surface area contributed by atoms with Crippen molar-refractivity contribution in [1.29, 1.82) is 0 Å². The number of anilines is 2. The van der Waals surface area contributed by atoms with Gasteiger partial charge in [-0.3, -0.25) is 4.79 Å². The van der Waals surface area contributed by atoms with Crippen LogP contribution in [-0.4, -0.2) is 37.7 Å². The molecule has 4 rings (SSSR count). The first-order valence-corrected chi connectivity index (χ1v) is 11.3. The molecule has 0 radical (unpaired) electrons. The zero-order chi connectivity index (χ0) is 25.2. The zero-order valence-corrected chi connectivity index (χ0v) is 20.2. The molecule has 0 aliphatic rings. The average Bonchev–Trinajstić information content (AvgIpc) is 3.20. The van der Waals surface area contributed by atoms with Gasteiger partial charge in [0.2, 0.25) is 0 Å². The van der Waals surface area contributed by atoms with Crippen molar-refractivity contribution in [2.24, 2.45) is 0 Å². The summed E-state index contributed by atoms with van der Waals surface area (Å²) in [5.41, 5.74) is 1.52. The van der Waals surface area contributed by atoms with Crippen LogP contribution in [0.5, 0.6) is 11.5 Å². The number of hydrogen-bond donors (Lipinski definition) is 3. The van der Waals surface area contributed by atoms with E-state index >= 15 is 0 Å². The lowest BCUT2D eigenvalue weighted by molar-refractivity contribution is 0.0915. The summed E-state index contributed by atoms with van der Waals surface area (Å²) in [5, 5.41) is 15.6. The van der Waals surface area contributed by atoms with Crippen molar-refractivity contribution in [1.82, 2.24) is 19.9 Å². The fourth-order valence-electron chi connectivity index (χ4n) is 3.49. The monoisotopic (exact) mass is 497 g/mol. The molecule has 0 aliphatic heterocycles.